The largest absolute Gasteiger partial charge is 0.388 e. The minimum atomic E-state index is -0.521. The second kappa shape index (κ2) is 6.41. The first kappa shape index (κ1) is 13.7. The molecule has 2 aliphatic rings. The van der Waals surface area contributed by atoms with Crippen molar-refractivity contribution < 1.29 is 5.11 Å². The van der Waals surface area contributed by atoms with E-state index in [-0.39, 0.29) is 0 Å². The Labute approximate surface area is 110 Å². The Bertz CT molecular complexity index is 281. The van der Waals surface area contributed by atoms with Gasteiger partial charge in [-0.25, -0.2) is 0 Å². The fourth-order valence-corrected chi connectivity index (χ4v) is 2.79. The maximum absolute atomic E-state index is 10.4. The maximum atomic E-state index is 10.4. The van der Waals surface area contributed by atoms with Gasteiger partial charge in [-0.1, -0.05) is 25.7 Å². The molecule has 0 amide bonds. The van der Waals surface area contributed by atoms with Gasteiger partial charge in [0.05, 0.1) is 5.60 Å². The highest BCUT2D eigenvalue weighted by atomic mass is 16.3. The van der Waals surface area contributed by atoms with Gasteiger partial charge in [0, 0.05) is 20.1 Å². The summed E-state index contributed by atoms with van der Waals surface area (Å²) >= 11 is 0. The normalized spacial score (nSPS) is 24.4. The summed E-state index contributed by atoms with van der Waals surface area (Å²) in [5.74, 6) is 1.65. The van der Waals surface area contributed by atoms with Crippen LogP contribution in [0.5, 0.6) is 0 Å². The Morgan fingerprint density at radius 1 is 1.17 bits per heavy atom. The zero-order chi connectivity index (χ0) is 12.8. The van der Waals surface area contributed by atoms with Gasteiger partial charge >= 0.3 is 0 Å². The number of nitrogens with one attached hydrogen (secondary N) is 2. The summed E-state index contributed by atoms with van der Waals surface area (Å²) in [6.07, 6.45) is 9.44. The molecule has 4 heteroatoms. The molecular weight excluding hydrogens is 226 g/mol. The quantitative estimate of drug-likeness (QED) is 0.527. The lowest BCUT2D eigenvalue weighted by Crippen LogP contribution is -2.49. The van der Waals surface area contributed by atoms with E-state index in [1.54, 1.807) is 7.05 Å². The molecule has 0 aromatic carbocycles. The van der Waals surface area contributed by atoms with E-state index in [1.807, 2.05) is 0 Å². The van der Waals surface area contributed by atoms with Crippen molar-refractivity contribution in [1.29, 1.82) is 0 Å². The number of aliphatic hydroxyl groups is 1. The standard InChI is InChI=1S/C14H27N3O/c1-15-13(16-10-12-6-5-7-12)17-11-14(18)8-3-2-4-9-14/h12,18H,2-11H2,1H3,(H2,15,16,17). The number of hydrogen-bond donors (Lipinski definition) is 3. The predicted molar refractivity (Wildman–Crippen MR) is 74.7 cm³/mol. The van der Waals surface area contributed by atoms with Gasteiger partial charge in [-0.3, -0.25) is 4.99 Å². The smallest absolute Gasteiger partial charge is 0.191 e. The van der Waals surface area contributed by atoms with Gasteiger partial charge in [0.2, 0.25) is 0 Å². The lowest BCUT2D eigenvalue weighted by atomic mass is 9.85. The lowest BCUT2D eigenvalue weighted by Gasteiger charge is -2.33. The summed E-state index contributed by atoms with van der Waals surface area (Å²) in [7, 11) is 1.79. The summed E-state index contributed by atoms with van der Waals surface area (Å²) < 4.78 is 0. The maximum Gasteiger partial charge on any atom is 0.191 e. The molecule has 0 aromatic heterocycles. The molecule has 0 atom stereocenters. The molecule has 2 fully saturated rings. The Morgan fingerprint density at radius 3 is 2.44 bits per heavy atom. The molecular formula is C14H27N3O. The Kier molecular flexibility index (Phi) is 4.87. The van der Waals surface area contributed by atoms with E-state index in [4.69, 9.17) is 0 Å². The third kappa shape index (κ3) is 3.87. The van der Waals surface area contributed by atoms with Gasteiger partial charge in [0.1, 0.15) is 0 Å². The minimum absolute atomic E-state index is 0.521. The SMILES string of the molecule is CN=C(NCC1CCC1)NCC1(O)CCCCC1. The van der Waals surface area contributed by atoms with Crippen LogP contribution in [0, 0.1) is 5.92 Å². The van der Waals surface area contributed by atoms with E-state index in [2.05, 4.69) is 15.6 Å². The molecule has 2 rings (SSSR count). The second-order valence-corrected chi connectivity index (χ2v) is 5.89. The fourth-order valence-electron chi connectivity index (χ4n) is 2.79. The summed E-state index contributed by atoms with van der Waals surface area (Å²) in [6.45, 7) is 1.63. The summed E-state index contributed by atoms with van der Waals surface area (Å²) in [4.78, 5) is 4.22. The van der Waals surface area contributed by atoms with Gasteiger partial charge < -0.3 is 15.7 Å². The van der Waals surface area contributed by atoms with E-state index >= 15 is 0 Å². The molecule has 0 heterocycles. The molecule has 2 aliphatic carbocycles. The van der Waals surface area contributed by atoms with Crippen molar-refractivity contribution in [2.24, 2.45) is 10.9 Å². The van der Waals surface area contributed by atoms with Crippen molar-refractivity contribution in [3.8, 4) is 0 Å². The molecule has 0 aromatic rings. The van der Waals surface area contributed by atoms with Gasteiger partial charge in [-0.2, -0.15) is 0 Å². The van der Waals surface area contributed by atoms with Gasteiger partial charge in [-0.05, 0) is 31.6 Å². The predicted octanol–water partition coefficient (Wildman–Crippen LogP) is 1.65. The lowest BCUT2D eigenvalue weighted by molar-refractivity contribution is 0.00857. The molecule has 0 unspecified atom stereocenters. The van der Waals surface area contributed by atoms with Crippen LogP contribution >= 0.6 is 0 Å². The highest BCUT2D eigenvalue weighted by Gasteiger charge is 2.29. The highest BCUT2D eigenvalue weighted by molar-refractivity contribution is 5.79. The molecule has 104 valence electrons. The van der Waals surface area contributed by atoms with Crippen molar-refractivity contribution >= 4 is 5.96 Å². The zero-order valence-electron chi connectivity index (χ0n) is 11.5. The first-order valence-corrected chi connectivity index (χ1v) is 7.39. The van der Waals surface area contributed by atoms with Crippen LogP contribution in [-0.2, 0) is 0 Å². The molecule has 0 spiro atoms. The van der Waals surface area contributed by atoms with E-state index in [1.165, 1.54) is 25.7 Å². The fraction of sp³-hybridized carbons (Fsp3) is 0.929. The highest BCUT2D eigenvalue weighted by Crippen LogP contribution is 2.27. The third-order valence-corrected chi connectivity index (χ3v) is 4.38. The molecule has 0 aliphatic heterocycles. The van der Waals surface area contributed by atoms with Crippen molar-refractivity contribution in [2.45, 2.75) is 57.0 Å². The summed E-state index contributed by atoms with van der Waals surface area (Å²) in [5.41, 5.74) is -0.521. The van der Waals surface area contributed by atoms with E-state index < -0.39 is 5.60 Å². The first-order chi connectivity index (χ1) is 8.72. The van der Waals surface area contributed by atoms with Crippen LogP contribution in [0.4, 0.5) is 0 Å². The van der Waals surface area contributed by atoms with Crippen LogP contribution in [-0.4, -0.2) is 36.8 Å². The Hall–Kier alpha value is -0.770. The number of nitrogens with zero attached hydrogens (tertiary/aromatic N) is 1. The zero-order valence-corrected chi connectivity index (χ0v) is 11.5. The average Bonchev–Trinajstić information content (AvgIpc) is 2.32. The van der Waals surface area contributed by atoms with Crippen molar-refractivity contribution in [1.82, 2.24) is 10.6 Å². The molecule has 3 N–H and O–H groups in total. The third-order valence-electron chi connectivity index (χ3n) is 4.38. The average molecular weight is 253 g/mol. The van der Waals surface area contributed by atoms with Crippen LogP contribution in [0.25, 0.3) is 0 Å². The van der Waals surface area contributed by atoms with Crippen molar-refractivity contribution in [2.75, 3.05) is 20.1 Å². The molecule has 18 heavy (non-hydrogen) atoms. The Morgan fingerprint density at radius 2 is 1.89 bits per heavy atom. The van der Waals surface area contributed by atoms with Crippen molar-refractivity contribution in [3.05, 3.63) is 0 Å². The Balaban J connectivity index is 1.69. The van der Waals surface area contributed by atoms with Gasteiger partial charge in [0.15, 0.2) is 5.96 Å². The van der Waals surface area contributed by atoms with E-state index in [0.717, 1.165) is 44.1 Å². The van der Waals surface area contributed by atoms with Gasteiger partial charge in [-0.15, -0.1) is 0 Å². The van der Waals surface area contributed by atoms with Crippen LogP contribution in [0.1, 0.15) is 51.4 Å². The summed E-state index contributed by atoms with van der Waals surface area (Å²) in [6, 6.07) is 0. The minimum Gasteiger partial charge on any atom is -0.388 e. The molecule has 2 saturated carbocycles. The van der Waals surface area contributed by atoms with Gasteiger partial charge in [0.25, 0.3) is 0 Å². The second-order valence-electron chi connectivity index (χ2n) is 5.89. The van der Waals surface area contributed by atoms with Crippen LogP contribution in [0.15, 0.2) is 4.99 Å². The first-order valence-electron chi connectivity index (χ1n) is 7.39. The topological polar surface area (TPSA) is 56.7 Å². The molecule has 0 bridgehead atoms. The van der Waals surface area contributed by atoms with Crippen LogP contribution in [0.2, 0.25) is 0 Å². The molecule has 0 radical (unpaired) electrons. The monoisotopic (exact) mass is 253 g/mol. The molecule has 4 nitrogen and oxygen atoms in total. The number of rotatable bonds is 4. The summed E-state index contributed by atoms with van der Waals surface area (Å²) in [5, 5.41) is 17.0. The number of guanidine groups is 1. The van der Waals surface area contributed by atoms with Crippen LogP contribution < -0.4 is 10.6 Å². The van der Waals surface area contributed by atoms with E-state index in [9.17, 15) is 5.11 Å². The van der Waals surface area contributed by atoms with Crippen molar-refractivity contribution in [3.63, 3.8) is 0 Å². The number of aliphatic imine (C=N–C) groups is 1. The van der Waals surface area contributed by atoms with Crippen LogP contribution in [0.3, 0.4) is 0 Å². The molecule has 0 saturated heterocycles. The number of hydrogen-bond acceptors (Lipinski definition) is 2. The van der Waals surface area contributed by atoms with E-state index in [0.29, 0.717) is 6.54 Å².